The van der Waals surface area contributed by atoms with Gasteiger partial charge in [-0.2, -0.15) is 0 Å². The van der Waals surface area contributed by atoms with Crippen LogP contribution in [0.2, 0.25) is 0 Å². The standard InChI is InChI=1S/C15H12BrNO4/c1-8-10(3-2-4-11(8)16)14(19)17-12-6-5-9(15(20)21)7-13(12)18/h2-7,18H,1H3,(H,17,19)(H,20,21). The normalized spacial score (nSPS) is 10.2. The predicted molar refractivity (Wildman–Crippen MR) is 81.9 cm³/mol. The Labute approximate surface area is 129 Å². The minimum Gasteiger partial charge on any atom is -0.506 e. The second-order valence-corrected chi connectivity index (χ2v) is 5.26. The van der Waals surface area contributed by atoms with E-state index in [2.05, 4.69) is 21.2 Å². The summed E-state index contributed by atoms with van der Waals surface area (Å²) in [5.41, 5.74) is 1.34. The second-order valence-electron chi connectivity index (χ2n) is 4.40. The van der Waals surface area contributed by atoms with Crippen LogP contribution < -0.4 is 5.32 Å². The number of phenolic OH excluding ortho intramolecular Hbond substituents is 1. The maximum Gasteiger partial charge on any atom is 0.335 e. The molecule has 3 N–H and O–H groups in total. The molecule has 0 fully saturated rings. The third-order valence-electron chi connectivity index (χ3n) is 3.01. The fraction of sp³-hybridized carbons (Fsp3) is 0.0667. The number of rotatable bonds is 3. The number of hydrogen-bond donors (Lipinski definition) is 3. The van der Waals surface area contributed by atoms with Crippen molar-refractivity contribution in [2.45, 2.75) is 6.92 Å². The number of amides is 1. The van der Waals surface area contributed by atoms with Gasteiger partial charge in [-0.05, 0) is 42.8 Å². The molecule has 0 heterocycles. The van der Waals surface area contributed by atoms with Crippen molar-refractivity contribution in [1.82, 2.24) is 0 Å². The molecule has 0 aromatic heterocycles. The molecule has 108 valence electrons. The van der Waals surface area contributed by atoms with E-state index in [1.165, 1.54) is 12.1 Å². The first-order valence-corrected chi connectivity index (χ1v) is 6.82. The zero-order valence-corrected chi connectivity index (χ0v) is 12.6. The summed E-state index contributed by atoms with van der Waals surface area (Å²) in [4.78, 5) is 23.0. The highest BCUT2D eigenvalue weighted by Crippen LogP contribution is 2.26. The molecule has 0 spiro atoms. The van der Waals surface area contributed by atoms with Crippen LogP contribution in [0.3, 0.4) is 0 Å². The first-order valence-electron chi connectivity index (χ1n) is 6.03. The molecule has 5 nitrogen and oxygen atoms in total. The quantitative estimate of drug-likeness (QED) is 0.741. The van der Waals surface area contributed by atoms with Gasteiger partial charge in [-0.1, -0.05) is 22.0 Å². The monoisotopic (exact) mass is 349 g/mol. The van der Waals surface area contributed by atoms with Gasteiger partial charge in [-0.25, -0.2) is 4.79 Å². The zero-order valence-electron chi connectivity index (χ0n) is 11.1. The van der Waals surface area contributed by atoms with Gasteiger partial charge in [0.2, 0.25) is 0 Å². The van der Waals surface area contributed by atoms with Gasteiger partial charge in [0, 0.05) is 10.0 Å². The zero-order chi connectivity index (χ0) is 15.6. The Hall–Kier alpha value is -2.34. The minimum absolute atomic E-state index is 0.0517. The van der Waals surface area contributed by atoms with E-state index in [0.717, 1.165) is 16.1 Å². The molecular formula is C15H12BrNO4. The summed E-state index contributed by atoms with van der Waals surface area (Å²) in [6.07, 6.45) is 0. The smallest absolute Gasteiger partial charge is 0.335 e. The maximum atomic E-state index is 12.2. The average Bonchev–Trinajstić information content (AvgIpc) is 2.43. The Morgan fingerprint density at radius 1 is 1.19 bits per heavy atom. The Morgan fingerprint density at radius 3 is 2.52 bits per heavy atom. The van der Waals surface area contributed by atoms with E-state index in [9.17, 15) is 14.7 Å². The average molecular weight is 350 g/mol. The third kappa shape index (κ3) is 3.22. The molecule has 6 heteroatoms. The number of carboxylic acid groups (broad SMARTS) is 1. The highest BCUT2D eigenvalue weighted by atomic mass is 79.9. The summed E-state index contributed by atoms with van der Waals surface area (Å²) in [7, 11) is 0. The van der Waals surface area contributed by atoms with Gasteiger partial charge >= 0.3 is 5.97 Å². The number of anilines is 1. The number of halogens is 1. The molecule has 0 atom stereocenters. The Morgan fingerprint density at radius 2 is 1.90 bits per heavy atom. The molecule has 0 saturated carbocycles. The number of benzene rings is 2. The van der Waals surface area contributed by atoms with Crippen LogP contribution in [0, 0.1) is 6.92 Å². The molecule has 0 unspecified atom stereocenters. The van der Waals surface area contributed by atoms with E-state index in [-0.39, 0.29) is 22.9 Å². The van der Waals surface area contributed by atoms with E-state index in [1.54, 1.807) is 19.1 Å². The molecular weight excluding hydrogens is 338 g/mol. The van der Waals surface area contributed by atoms with Crippen LogP contribution in [0.15, 0.2) is 40.9 Å². The van der Waals surface area contributed by atoms with Gasteiger partial charge in [0.05, 0.1) is 11.3 Å². The van der Waals surface area contributed by atoms with Crippen molar-refractivity contribution in [2.24, 2.45) is 0 Å². The largest absolute Gasteiger partial charge is 0.506 e. The number of carbonyl (C=O) groups excluding carboxylic acids is 1. The van der Waals surface area contributed by atoms with Crippen molar-refractivity contribution in [1.29, 1.82) is 0 Å². The second kappa shape index (κ2) is 5.97. The number of phenols is 1. The van der Waals surface area contributed by atoms with Crippen molar-refractivity contribution in [3.05, 3.63) is 57.6 Å². The van der Waals surface area contributed by atoms with Gasteiger partial charge in [0.15, 0.2) is 0 Å². The highest BCUT2D eigenvalue weighted by molar-refractivity contribution is 9.10. The van der Waals surface area contributed by atoms with Gasteiger partial charge < -0.3 is 15.5 Å². The number of nitrogens with one attached hydrogen (secondary N) is 1. The number of hydrogen-bond acceptors (Lipinski definition) is 3. The van der Waals surface area contributed by atoms with Gasteiger partial charge in [-0.3, -0.25) is 4.79 Å². The minimum atomic E-state index is -1.15. The number of carboxylic acids is 1. The van der Waals surface area contributed by atoms with Crippen molar-refractivity contribution in [3.63, 3.8) is 0 Å². The highest BCUT2D eigenvalue weighted by Gasteiger charge is 2.14. The molecule has 1 amide bonds. The fourth-order valence-electron chi connectivity index (χ4n) is 1.81. The van der Waals surface area contributed by atoms with Crippen LogP contribution in [-0.4, -0.2) is 22.1 Å². The third-order valence-corrected chi connectivity index (χ3v) is 3.86. The summed E-state index contributed by atoms with van der Waals surface area (Å²) in [5.74, 6) is -1.82. The summed E-state index contributed by atoms with van der Waals surface area (Å²) in [6.45, 7) is 1.80. The van der Waals surface area contributed by atoms with E-state index in [0.29, 0.717) is 5.56 Å². The molecule has 2 aromatic rings. The lowest BCUT2D eigenvalue weighted by Gasteiger charge is -2.10. The molecule has 21 heavy (non-hydrogen) atoms. The SMILES string of the molecule is Cc1c(Br)cccc1C(=O)Nc1ccc(C(=O)O)cc1O. The van der Waals surface area contributed by atoms with Crippen LogP contribution in [0.4, 0.5) is 5.69 Å². The van der Waals surface area contributed by atoms with Crippen LogP contribution >= 0.6 is 15.9 Å². The van der Waals surface area contributed by atoms with Crippen molar-refractivity contribution < 1.29 is 19.8 Å². The summed E-state index contributed by atoms with van der Waals surface area (Å²) in [5, 5.41) is 21.2. The Balaban J connectivity index is 2.28. The first kappa shape index (κ1) is 15.1. The molecule has 0 aliphatic heterocycles. The summed E-state index contributed by atoms with van der Waals surface area (Å²) in [6, 6.07) is 8.98. The lowest BCUT2D eigenvalue weighted by atomic mass is 10.1. The van der Waals surface area contributed by atoms with Crippen LogP contribution in [0.5, 0.6) is 5.75 Å². The van der Waals surface area contributed by atoms with Crippen molar-refractivity contribution in [3.8, 4) is 5.75 Å². The molecule has 2 aromatic carbocycles. The summed E-state index contributed by atoms with van der Waals surface area (Å²) < 4.78 is 0.806. The fourth-order valence-corrected chi connectivity index (χ4v) is 2.18. The molecule has 2 rings (SSSR count). The molecule has 0 bridgehead atoms. The van der Waals surface area contributed by atoms with E-state index in [1.807, 2.05) is 6.07 Å². The van der Waals surface area contributed by atoms with Crippen LogP contribution in [0.25, 0.3) is 0 Å². The molecule has 0 saturated heterocycles. The van der Waals surface area contributed by atoms with E-state index < -0.39 is 5.97 Å². The van der Waals surface area contributed by atoms with Gasteiger partial charge in [-0.15, -0.1) is 0 Å². The lowest BCUT2D eigenvalue weighted by Crippen LogP contribution is -2.13. The van der Waals surface area contributed by atoms with Crippen molar-refractivity contribution in [2.75, 3.05) is 5.32 Å². The van der Waals surface area contributed by atoms with Crippen LogP contribution in [-0.2, 0) is 0 Å². The number of aromatic hydroxyl groups is 1. The predicted octanol–water partition coefficient (Wildman–Crippen LogP) is 3.41. The van der Waals surface area contributed by atoms with Crippen LogP contribution in [0.1, 0.15) is 26.3 Å². The maximum absolute atomic E-state index is 12.2. The topological polar surface area (TPSA) is 86.6 Å². The molecule has 0 radical (unpaired) electrons. The van der Waals surface area contributed by atoms with Gasteiger partial charge in [0.1, 0.15) is 5.75 Å². The first-order chi connectivity index (χ1) is 9.90. The van der Waals surface area contributed by atoms with Crippen molar-refractivity contribution >= 4 is 33.5 Å². The Bertz CT molecular complexity index is 728. The Kier molecular flexibility index (Phi) is 4.28. The van der Waals surface area contributed by atoms with E-state index >= 15 is 0 Å². The lowest BCUT2D eigenvalue weighted by molar-refractivity contribution is 0.0696. The van der Waals surface area contributed by atoms with E-state index in [4.69, 9.17) is 5.11 Å². The molecule has 0 aliphatic carbocycles. The number of carbonyl (C=O) groups is 2. The van der Waals surface area contributed by atoms with Gasteiger partial charge in [0.25, 0.3) is 5.91 Å². The molecule has 0 aliphatic rings. The number of aromatic carboxylic acids is 1. The summed E-state index contributed by atoms with van der Waals surface area (Å²) >= 11 is 3.35.